The van der Waals surface area contributed by atoms with Crippen LogP contribution < -0.4 is 5.32 Å². The number of amides is 3. The maximum Gasteiger partial charge on any atom is 0.262 e. The van der Waals surface area contributed by atoms with E-state index >= 15 is 0 Å². The number of carbonyl (C=O) groups excluding carboxylic acids is 3. The van der Waals surface area contributed by atoms with E-state index in [2.05, 4.69) is 21.2 Å². The lowest BCUT2D eigenvalue weighted by molar-refractivity contribution is -0.125. The smallest absolute Gasteiger partial charge is 0.262 e. The van der Waals surface area contributed by atoms with Crippen LogP contribution in [-0.4, -0.2) is 28.7 Å². The van der Waals surface area contributed by atoms with Crippen LogP contribution in [0.2, 0.25) is 0 Å². The van der Waals surface area contributed by atoms with Gasteiger partial charge >= 0.3 is 0 Å². The summed E-state index contributed by atoms with van der Waals surface area (Å²) in [6.07, 6.45) is 0. The van der Waals surface area contributed by atoms with Crippen LogP contribution in [0.3, 0.4) is 0 Å². The number of rotatable bonds is 5. The predicted molar refractivity (Wildman–Crippen MR) is 117 cm³/mol. The van der Waals surface area contributed by atoms with E-state index in [0.29, 0.717) is 11.1 Å². The van der Waals surface area contributed by atoms with Crippen LogP contribution in [-0.2, 0) is 4.79 Å². The fourth-order valence-electron chi connectivity index (χ4n) is 3.60. The highest BCUT2D eigenvalue weighted by atomic mass is 79.9. The Hall–Kier alpha value is -3.25. The van der Waals surface area contributed by atoms with Crippen molar-refractivity contribution in [2.24, 2.45) is 0 Å². The van der Waals surface area contributed by atoms with Crippen molar-refractivity contribution >= 4 is 33.7 Å². The molecule has 150 valence electrons. The van der Waals surface area contributed by atoms with Gasteiger partial charge in [-0.1, -0.05) is 70.5 Å². The second-order valence-electron chi connectivity index (χ2n) is 7.11. The molecule has 0 radical (unpaired) electrons. The molecule has 30 heavy (non-hydrogen) atoms. The topological polar surface area (TPSA) is 66.5 Å². The summed E-state index contributed by atoms with van der Waals surface area (Å²) in [6.45, 7) is 1.57. The molecule has 0 bridgehead atoms. The highest BCUT2D eigenvalue weighted by molar-refractivity contribution is 9.10. The number of hydrogen-bond donors (Lipinski definition) is 1. The normalized spacial score (nSPS) is 14.9. The summed E-state index contributed by atoms with van der Waals surface area (Å²) in [6, 6.07) is 22.5. The second kappa shape index (κ2) is 8.24. The van der Waals surface area contributed by atoms with Crippen LogP contribution in [0.15, 0.2) is 83.3 Å². The number of nitrogens with zero attached hydrogens (tertiary/aromatic N) is 1. The Morgan fingerprint density at radius 1 is 0.800 bits per heavy atom. The van der Waals surface area contributed by atoms with Gasteiger partial charge < -0.3 is 5.32 Å². The van der Waals surface area contributed by atoms with Crippen LogP contribution in [0.5, 0.6) is 0 Å². The fraction of sp³-hybridized carbons (Fsp3) is 0.125. The molecule has 2 atom stereocenters. The van der Waals surface area contributed by atoms with Crippen molar-refractivity contribution in [3.63, 3.8) is 0 Å². The molecule has 0 saturated carbocycles. The van der Waals surface area contributed by atoms with Gasteiger partial charge in [0.05, 0.1) is 17.2 Å². The minimum Gasteiger partial charge on any atom is -0.343 e. The van der Waals surface area contributed by atoms with Crippen molar-refractivity contribution in [3.05, 3.63) is 106 Å². The number of fused-ring (bicyclic) bond motifs is 1. The van der Waals surface area contributed by atoms with E-state index in [4.69, 9.17) is 0 Å². The molecule has 0 unspecified atom stereocenters. The number of benzene rings is 3. The molecule has 4 rings (SSSR count). The first-order valence-corrected chi connectivity index (χ1v) is 10.3. The first-order valence-electron chi connectivity index (χ1n) is 9.55. The number of imide groups is 1. The third kappa shape index (κ3) is 3.66. The summed E-state index contributed by atoms with van der Waals surface area (Å²) in [5.74, 6) is -1.29. The summed E-state index contributed by atoms with van der Waals surface area (Å²) < 4.78 is 0.934. The Kier molecular flexibility index (Phi) is 5.50. The lowest BCUT2D eigenvalue weighted by atomic mass is 9.98. The van der Waals surface area contributed by atoms with Crippen LogP contribution in [0, 0.1) is 0 Å². The molecular formula is C24H19BrN2O3. The molecule has 0 spiro atoms. The SMILES string of the molecule is C[C@@H](C(=O)N[C@H](c1ccccc1)c1ccc(Br)cc1)N1C(=O)c2ccccc2C1=O. The summed E-state index contributed by atoms with van der Waals surface area (Å²) >= 11 is 3.43. The number of hydrogen-bond acceptors (Lipinski definition) is 3. The van der Waals surface area contributed by atoms with E-state index in [1.807, 2.05) is 54.6 Å². The molecule has 0 saturated heterocycles. The minimum absolute atomic E-state index is 0.328. The van der Waals surface area contributed by atoms with Crippen molar-refractivity contribution in [2.45, 2.75) is 19.0 Å². The maximum atomic E-state index is 13.1. The highest BCUT2D eigenvalue weighted by Crippen LogP contribution is 2.27. The number of nitrogens with one attached hydrogen (secondary N) is 1. The summed E-state index contributed by atoms with van der Waals surface area (Å²) in [5.41, 5.74) is 2.46. The minimum atomic E-state index is -0.945. The lowest BCUT2D eigenvalue weighted by Crippen LogP contribution is -2.48. The molecule has 0 aromatic heterocycles. The molecule has 3 amide bonds. The predicted octanol–water partition coefficient (Wildman–Crippen LogP) is 4.34. The number of halogens is 1. The van der Waals surface area contributed by atoms with Gasteiger partial charge in [-0.05, 0) is 42.3 Å². The molecule has 1 aliphatic heterocycles. The van der Waals surface area contributed by atoms with E-state index < -0.39 is 29.8 Å². The molecule has 3 aromatic rings. The van der Waals surface area contributed by atoms with Gasteiger partial charge in [0, 0.05) is 4.47 Å². The summed E-state index contributed by atoms with van der Waals surface area (Å²) in [5, 5.41) is 3.01. The Balaban J connectivity index is 1.61. The monoisotopic (exact) mass is 462 g/mol. The molecule has 6 heteroatoms. The Morgan fingerprint density at radius 2 is 1.30 bits per heavy atom. The number of carbonyl (C=O) groups is 3. The van der Waals surface area contributed by atoms with Crippen molar-refractivity contribution in [2.75, 3.05) is 0 Å². The van der Waals surface area contributed by atoms with Gasteiger partial charge in [0.15, 0.2) is 0 Å². The zero-order valence-corrected chi connectivity index (χ0v) is 17.8. The van der Waals surface area contributed by atoms with Gasteiger partial charge in [0.25, 0.3) is 11.8 Å². The maximum absolute atomic E-state index is 13.1. The first-order chi connectivity index (χ1) is 14.5. The largest absolute Gasteiger partial charge is 0.343 e. The van der Waals surface area contributed by atoms with Gasteiger partial charge in [-0.2, -0.15) is 0 Å². The van der Waals surface area contributed by atoms with Gasteiger partial charge in [-0.15, -0.1) is 0 Å². The lowest BCUT2D eigenvalue weighted by Gasteiger charge is -2.26. The average molecular weight is 463 g/mol. The van der Waals surface area contributed by atoms with Gasteiger partial charge in [0.2, 0.25) is 5.91 Å². The quantitative estimate of drug-likeness (QED) is 0.573. The first kappa shape index (κ1) is 20.0. The molecule has 1 aliphatic rings. The van der Waals surface area contributed by atoms with E-state index in [-0.39, 0.29) is 0 Å². The van der Waals surface area contributed by atoms with Crippen molar-refractivity contribution < 1.29 is 14.4 Å². The molecule has 1 heterocycles. The third-order valence-corrected chi connectivity index (χ3v) is 5.74. The Bertz CT molecular complexity index is 1080. The second-order valence-corrected chi connectivity index (χ2v) is 8.02. The zero-order chi connectivity index (χ0) is 21.3. The summed E-state index contributed by atoms with van der Waals surface area (Å²) in [4.78, 5) is 39.6. The van der Waals surface area contributed by atoms with Crippen LogP contribution >= 0.6 is 15.9 Å². The van der Waals surface area contributed by atoms with Gasteiger partial charge in [-0.25, -0.2) is 0 Å². The molecule has 0 aliphatic carbocycles. The van der Waals surface area contributed by atoms with Crippen molar-refractivity contribution in [1.82, 2.24) is 10.2 Å². The Labute approximate surface area is 182 Å². The average Bonchev–Trinajstić information content (AvgIpc) is 3.03. The van der Waals surface area contributed by atoms with Crippen molar-refractivity contribution in [3.8, 4) is 0 Å². The van der Waals surface area contributed by atoms with Crippen molar-refractivity contribution in [1.29, 1.82) is 0 Å². The zero-order valence-electron chi connectivity index (χ0n) is 16.2. The van der Waals surface area contributed by atoms with Crippen LogP contribution in [0.4, 0.5) is 0 Å². The van der Waals surface area contributed by atoms with E-state index in [0.717, 1.165) is 20.5 Å². The van der Waals surface area contributed by atoms with Crippen LogP contribution in [0.25, 0.3) is 0 Å². The summed E-state index contributed by atoms with van der Waals surface area (Å²) in [7, 11) is 0. The molecule has 5 nitrogen and oxygen atoms in total. The Morgan fingerprint density at radius 3 is 1.87 bits per heavy atom. The standard InChI is InChI=1S/C24H19BrN2O3/c1-15(27-23(29)19-9-5-6-10-20(19)24(27)30)22(28)26-21(16-7-3-2-4-8-16)17-11-13-18(25)14-12-17/h2-15,21H,1H3,(H,26,28)/t15-,21+/m0/s1. The van der Waals surface area contributed by atoms with E-state index in [1.54, 1.807) is 31.2 Å². The molecular weight excluding hydrogens is 444 g/mol. The van der Waals surface area contributed by atoms with Gasteiger partial charge in [0.1, 0.15) is 6.04 Å². The molecule has 0 fully saturated rings. The fourth-order valence-corrected chi connectivity index (χ4v) is 3.86. The van der Waals surface area contributed by atoms with Gasteiger partial charge in [-0.3, -0.25) is 19.3 Å². The van der Waals surface area contributed by atoms with E-state index in [9.17, 15) is 14.4 Å². The van der Waals surface area contributed by atoms with Crippen LogP contribution in [0.1, 0.15) is 44.8 Å². The molecule has 3 aromatic carbocycles. The molecule has 1 N–H and O–H groups in total. The third-order valence-electron chi connectivity index (χ3n) is 5.22. The van der Waals surface area contributed by atoms with E-state index in [1.165, 1.54) is 0 Å². The highest BCUT2D eigenvalue weighted by Gasteiger charge is 2.41.